The molecular formula is C15H16BrN. The molecule has 1 aromatic carbocycles. The number of rotatable bonds is 4. The van der Waals surface area contributed by atoms with Crippen molar-refractivity contribution in [3.05, 3.63) is 78.6 Å². The molecular weight excluding hydrogens is 274 g/mol. The van der Waals surface area contributed by atoms with Crippen molar-refractivity contribution in [1.82, 2.24) is 0 Å². The number of allylic oxidation sites excluding steroid dienone is 1. The van der Waals surface area contributed by atoms with E-state index in [-0.39, 0.29) is 17.0 Å². The van der Waals surface area contributed by atoms with Gasteiger partial charge in [-0.3, -0.25) is 0 Å². The fourth-order valence-electron chi connectivity index (χ4n) is 1.79. The Bertz CT molecular complexity index is 465. The van der Waals surface area contributed by atoms with E-state index in [1.807, 2.05) is 12.1 Å². The SMILES string of the molecule is C=CC[n+]1ccccc1Cc1ccccc1.[Br-]. The van der Waals surface area contributed by atoms with Crippen LogP contribution in [0.2, 0.25) is 0 Å². The van der Waals surface area contributed by atoms with Crippen molar-refractivity contribution in [3.63, 3.8) is 0 Å². The van der Waals surface area contributed by atoms with Crippen LogP contribution in [0.3, 0.4) is 0 Å². The average molecular weight is 290 g/mol. The summed E-state index contributed by atoms with van der Waals surface area (Å²) in [6.07, 6.45) is 4.99. The molecule has 0 radical (unpaired) electrons. The molecule has 0 bridgehead atoms. The molecule has 2 heteroatoms. The molecule has 0 N–H and O–H groups in total. The first-order valence-corrected chi connectivity index (χ1v) is 5.52. The van der Waals surface area contributed by atoms with Crippen molar-refractivity contribution in [2.45, 2.75) is 13.0 Å². The van der Waals surface area contributed by atoms with E-state index >= 15 is 0 Å². The van der Waals surface area contributed by atoms with Crippen molar-refractivity contribution in [2.24, 2.45) is 0 Å². The van der Waals surface area contributed by atoms with Gasteiger partial charge in [-0.25, -0.2) is 0 Å². The smallest absolute Gasteiger partial charge is 0.186 e. The lowest BCUT2D eigenvalue weighted by Gasteiger charge is -2.02. The first kappa shape index (κ1) is 13.7. The maximum atomic E-state index is 3.78. The molecule has 0 aliphatic carbocycles. The second kappa shape index (κ2) is 7.02. The van der Waals surface area contributed by atoms with Crippen LogP contribution in [0.5, 0.6) is 0 Å². The maximum absolute atomic E-state index is 3.78. The molecule has 0 saturated heterocycles. The molecule has 0 saturated carbocycles. The zero-order valence-electron chi connectivity index (χ0n) is 9.72. The van der Waals surface area contributed by atoms with Gasteiger partial charge in [-0.2, -0.15) is 4.57 Å². The van der Waals surface area contributed by atoms with Gasteiger partial charge in [0.1, 0.15) is 0 Å². The quantitative estimate of drug-likeness (QED) is 0.540. The van der Waals surface area contributed by atoms with E-state index in [2.05, 4.69) is 59.8 Å². The van der Waals surface area contributed by atoms with Crippen LogP contribution in [0.1, 0.15) is 11.3 Å². The molecule has 1 heterocycles. The highest BCUT2D eigenvalue weighted by Crippen LogP contribution is 2.05. The average Bonchev–Trinajstić information content (AvgIpc) is 2.33. The molecule has 0 fully saturated rings. The van der Waals surface area contributed by atoms with Gasteiger partial charge in [-0.05, 0) is 11.6 Å². The summed E-state index contributed by atoms with van der Waals surface area (Å²) in [4.78, 5) is 0. The van der Waals surface area contributed by atoms with E-state index in [1.54, 1.807) is 0 Å². The third kappa shape index (κ3) is 3.82. The number of pyridine rings is 1. The lowest BCUT2D eigenvalue weighted by Crippen LogP contribution is -3.00. The molecule has 1 nitrogen and oxygen atoms in total. The molecule has 0 atom stereocenters. The molecule has 0 spiro atoms. The second-order valence-corrected chi connectivity index (χ2v) is 3.80. The van der Waals surface area contributed by atoms with E-state index in [4.69, 9.17) is 0 Å². The molecule has 0 aliphatic heterocycles. The summed E-state index contributed by atoms with van der Waals surface area (Å²) < 4.78 is 2.22. The molecule has 0 aliphatic rings. The van der Waals surface area contributed by atoms with Gasteiger partial charge in [0, 0.05) is 12.1 Å². The van der Waals surface area contributed by atoms with Gasteiger partial charge in [0.15, 0.2) is 18.4 Å². The standard InChI is InChI=1S/C15H16N.BrH/c1-2-11-16-12-7-6-10-15(16)13-14-8-4-3-5-9-14;/h2-10,12H,1,11,13H2;1H/q+1;/p-1. The van der Waals surface area contributed by atoms with E-state index in [1.165, 1.54) is 11.3 Å². The predicted molar refractivity (Wildman–Crippen MR) is 66.1 cm³/mol. The van der Waals surface area contributed by atoms with E-state index in [0.29, 0.717) is 0 Å². The summed E-state index contributed by atoms with van der Waals surface area (Å²) in [5, 5.41) is 0. The summed E-state index contributed by atoms with van der Waals surface area (Å²) in [6.45, 7) is 4.65. The van der Waals surface area contributed by atoms with Crippen molar-refractivity contribution < 1.29 is 21.5 Å². The van der Waals surface area contributed by atoms with Gasteiger partial charge in [0.2, 0.25) is 0 Å². The summed E-state index contributed by atoms with van der Waals surface area (Å²) in [5.41, 5.74) is 2.65. The molecule has 0 amide bonds. The number of nitrogens with zero attached hydrogens (tertiary/aromatic N) is 1. The van der Waals surface area contributed by atoms with Crippen LogP contribution >= 0.6 is 0 Å². The van der Waals surface area contributed by atoms with E-state index in [9.17, 15) is 0 Å². The monoisotopic (exact) mass is 289 g/mol. The summed E-state index contributed by atoms with van der Waals surface area (Å²) in [5.74, 6) is 0. The Kier molecular flexibility index (Phi) is 5.64. The second-order valence-electron chi connectivity index (χ2n) is 3.80. The normalized spacial score (nSPS) is 9.41. The van der Waals surface area contributed by atoms with Crippen LogP contribution in [0, 0.1) is 0 Å². The van der Waals surface area contributed by atoms with Crippen molar-refractivity contribution >= 4 is 0 Å². The highest BCUT2D eigenvalue weighted by molar-refractivity contribution is 5.19. The Morgan fingerprint density at radius 1 is 1.00 bits per heavy atom. The molecule has 0 unspecified atom stereocenters. The van der Waals surface area contributed by atoms with Crippen molar-refractivity contribution in [1.29, 1.82) is 0 Å². The van der Waals surface area contributed by atoms with Gasteiger partial charge in [0.05, 0.1) is 6.42 Å². The molecule has 1 aromatic heterocycles. The summed E-state index contributed by atoms with van der Waals surface area (Å²) in [6, 6.07) is 16.8. The number of hydrogen-bond acceptors (Lipinski definition) is 0. The van der Waals surface area contributed by atoms with Gasteiger partial charge in [-0.15, -0.1) is 0 Å². The van der Waals surface area contributed by atoms with Crippen molar-refractivity contribution in [2.75, 3.05) is 0 Å². The number of hydrogen-bond donors (Lipinski definition) is 0. The topological polar surface area (TPSA) is 3.88 Å². The Labute approximate surface area is 113 Å². The molecule has 2 rings (SSSR count). The van der Waals surface area contributed by atoms with E-state index in [0.717, 1.165) is 13.0 Å². The van der Waals surface area contributed by atoms with Crippen LogP contribution in [-0.4, -0.2) is 0 Å². The van der Waals surface area contributed by atoms with Gasteiger partial charge < -0.3 is 17.0 Å². The molecule has 17 heavy (non-hydrogen) atoms. The first-order valence-electron chi connectivity index (χ1n) is 5.52. The number of aromatic nitrogens is 1. The first-order chi connectivity index (χ1) is 7.90. The fraction of sp³-hybridized carbons (Fsp3) is 0.133. The van der Waals surface area contributed by atoms with Crippen LogP contribution in [-0.2, 0) is 13.0 Å². The third-order valence-electron chi connectivity index (χ3n) is 2.59. The predicted octanol–water partition coefficient (Wildman–Crippen LogP) is -0.245. The fourth-order valence-corrected chi connectivity index (χ4v) is 1.79. The van der Waals surface area contributed by atoms with Gasteiger partial charge >= 0.3 is 0 Å². The molecule has 88 valence electrons. The van der Waals surface area contributed by atoms with Crippen LogP contribution in [0.4, 0.5) is 0 Å². The zero-order chi connectivity index (χ0) is 11.2. The largest absolute Gasteiger partial charge is 1.00 e. The minimum Gasteiger partial charge on any atom is -1.00 e. The third-order valence-corrected chi connectivity index (χ3v) is 2.59. The van der Waals surface area contributed by atoms with Crippen LogP contribution < -0.4 is 21.5 Å². The lowest BCUT2D eigenvalue weighted by atomic mass is 10.1. The Balaban J connectivity index is 0.00000144. The minimum absolute atomic E-state index is 0. The van der Waals surface area contributed by atoms with Gasteiger partial charge in [-0.1, -0.05) is 43.0 Å². The van der Waals surface area contributed by atoms with Crippen LogP contribution in [0.15, 0.2) is 67.4 Å². The maximum Gasteiger partial charge on any atom is 0.186 e. The minimum atomic E-state index is 0. The molecule has 2 aromatic rings. The van der Waals surface area contributed by atoms with Gasteiger partial charge in [0.25, 0.3) is 0 Å². The Morgan fingerprint density at radius 2 is 1.71 bits per heavy atom. The summed E-state index contributed by atoms with van der Waals surface area (Å²) in [7, 11) is 0. The lowest BCUT2D eigenvalue weighted by molar-refractivity contribution is -0.694. The highest BCUT2D eigenvalue weighted by atomic mass is 79.9. The van der Waals surface area contributed by atoms with E-state index < -0.39 is 0 Å². The van der Waals surface area contributed by atoms with Crippen LogP contribution in [0.25, 0.3) is 0 Å². The van der Waals surface area contributed by atoms with Crippen molar-refractivity contribution in [3.8, 4) is 0 Å². The number of benzene rings is 1. The summed E-state index contributed by atoms with van der Waals surface area (Å²) >= 11 is 0. The Hall–Kier alpha value is -1.41. The number of halogens is 1. The highest BCUT2D eigenvalue weighted by Gasteiger charge is 2.07. The zero-order valence-corrected chi connectivity index (χ0v) is 11.3. The Morgan fingerprint density at radius 3 is 2.41 bits per heavy atom.